The first kappa shape index (κ1) is 18.5. The van der Waals surface area contributed by atoms with Crippen molar-refractivity contribution in [1.29, 1.82) is 0 Å². The van der Waals surface area contributed by atoms with Crippen molar-refractivity contribution < 1.29 is 14.7 Å². The lowest BCUT2D eigenvalue weighted by Crippen LogP contribution is -2.41. The van der Waals surface area contributed by atoms with Crippen LogP contribution in [-0.2, 0) is 4.79 Å². The number of carboxylic acids is 1. The second-order valence-electron chi connectivity index (χ2n) is 6.24. The molecule has 1 fully saturated rings. The highest BCUT2D eigenvalue weighted by Crippen LogP contribution is 2.29. The second kappa shape index (κ2) is 7.98. The maximum absolute atomic E-state index is 12.7. The van der Waals surface area contributed by atoms with Crippen LogP contribution in [0.5, 0.6) is 0 Å². The highest BCUT2D eigenvalue weighted by molar-refractivity contribution is 6.42. The molecule has 5 nitrogen and oxygen atoms in total. The Morgan fingerprint density at radius 2 is 1.81 bits per heavy atom. The molecule has 0 saturated carbocycles. The van der Waals surface area contributed by atoms with Crippen molar-refractivity contribution in [3.8, 4) is 0 Å². The molecule has 0 bridgehead atoms. The van der Waals surface area contributed by atoms with Gasteiger partial charge in [-0.3, -0.25) is 4.79 Å². The molecule has 3 rings (SSSR count). The average molecular weight is 393 g/mol. The zero-order valence-corrected chi connectivity index (χ0v) is 15.4. The van der Waals surface area contributed by atoms with Gasteiger partial charge in [0.1, 0.15) is 0 Å². The molecule has 2 amide bonds. The molecular weight excluding hydrogens is 375 g/mol. The fraction of sp³-hybridized carbons (Fsp3) is 0.263. The number of carboxylic acid groups (broad SMARTS) is 1. The van der Waals surface area contributed by atoms with Gasteiger partial charge in [0.25, 0.3) is 0 Å². The summed E-state index contributed by atoms with van der Waals surface area (Å²) in [7, 11) is 0. The third-order valence-corrected chi connectivity index (χ3v) is 5.24. The molecule has 26 heavy (non-hydrogen) atoms. The molecule has 1 aliphatic heterocycles. The molecule has 7 heteroatoms. The van der Waals surface area contributed by atoms with Gasteiger partial charge < -0.3 is 15.3 Å². The number of benzene rings is 2. The number of nitrogens with zero attached hydrogens (tertiary/aromatic N) is 1. The van der Waals surface area contributed by atoms with Gasteiger partial charge in [0.15, 0.2) is 0 Å². The Balaban J connectivity index is 1.84. The first-order valence-corrected chi connectivity index (χ1v) is 8.99. The lowest BCUT2D eigenvalue weighted by atomic mass is 9.99. The molecule has 2 atom stereocenters. The quantitative estimate of drug-likeness (QED) is 0.818. The van der Waals surface area contributed by atoms with Crippen molar-refractivity contribution in [3.63, 3.8) is 0 Å². The standard InChI is InChI=1S/C19H18Cl2N2O3/c20-15-7-6-13(10-16(15)21)17(12-4-2-1-3-5-12)22-19(26)23-9-8-14(11-23)18(24)25/h1-7,10,14,17H,8-9,11H2,(H,22,26)(H,24,25). The molecule has 2 unspecified atom stereocenters. The third kappa shape index (κ3) is 4.11. The Hall–Kier alpha value is -2.24. The van der Waals surface area contributed by atoms with Crippen molar-refractivity contribution >= 4 is 35.2 Å². The fourth-order valence-corrected chi connectivity index (χ4v) is 3.36. The van der Waals surface area contributed by atoms with Crippen molar-refractivity contribution in [3.05, 3.63) is 69.7 Å². The van der Waals surface area contributed by atoms with Crippen LogP contribution in [0.2, 0.25) is 10.0 Å². The van der Waals surface area contributed by atoms with E-state index >= 15 is 0 Å². The predicted octanol–water partition coefficient (Wildman–Crippen LogP) is 4.20. The highest BCUT2D eigenvalue weighted by Gasteiger charge is 2.32. The number of aliphatic carboxylic acids is 1. The van der Waals surface area contributed by atoms with Crippen LogP contribution in [0, 0.1) is 5.92 Å². The van der Waals surface area contributed by atoms with Crippen molar-refractivity contribution in [2.24, 2.45) is 5.92 Å². The topological polar surface area (TPSA) is 69.6 Å². The number of carbonyl (C=O) groups excluding carboxylic acids is 1. The number of urea groups is 1. The molecule has 1 heterocycles. The lowest BCUT2D eigenvalue weighted by Gasteiger charge is -2.24. The summed E-state index contributed by atoms with van der Waals surface area (Å²) in [5.74, 6) is -1.38. The second-order valence-corrected chi connectivity index (χ2v) is 7.05. The van der Waals surface area contributed by atoms with Gasteiger partial charge in [-0.1, -0.05) is 59.6 Å². The van der Waals surface area contributed by atoms with Crippen molar-refractivity contribution in [2.45, 2.75) is 12.5 Å². The molecule has 0 aromatic heterocycles. The molecule has 1 aliphatic rings. The zero-order valence-electron chi connectivity index (χ0n) is 13.9. The largest absolute Gasteiger partial charge is 0.481 e. The van der Waals surface area contributed by atoms with Crippen LogP contribution in [0.25, 0.3) is 0 Å². The number of nitrogens with one attached hydrogen (secondary N) is 1. The summed E-state index contributed by atoms with van der Waals surface area (Å²) >= 11 is 12.1. The minimum absolute atomic E-state index is 0.212. The maximum atomic E-state index is 12.7. The minimum atomic E-state index is -0.871. The number of carbonyl (C=O) groups is 2. The van der Waals surface area contributed by atoms with Gasteiger partial charge in [-0.15, -0.1) is 0 Å². The number of hydrogen-bond donors (Lipinski definition) is 2. The molecule has 0 spiro atoms. The molecular formula is C19H18Cl2N2O3. The Bertz CT molecular complexity index is 814. The highest BCUT2D eigenvalue weighted by atomic mass is 35.5. The van der Waals surface area contributed by atoms with Gasteiger partial charge in [-0.25, -0.2) is 4.79 Å². The summed E-state index contributed by atoms with van der Waals surface area (Å²) in [5.41, 5.74) is 1.70. The smallest absolute Gasteiger partial charge is 0.318 e. The summed E-state index contributed by atoms with van der Waals surface area (Å²) in [6.45, 7) is 0.635. The zero-order chi connectivity index (χ0) is 18.7. The van der Waals surface area contributed by atoms with E-state index in [1.165, 1.54) is 4.90 Å². The van der Waals surface area contributed by atoms with E-state index in [2.05, 4.69) is 5.32 Å². The number of likely N-dealkylation sites (tertiary alicyclic amines) is 1. The lowest BCUT2D eigenvalue weighted by molar-refractivity contribution is -0.141. The number of hydrogen-bond acceptors (Lipinski definition) is 2. The summed E-state index contributed by atoms with van der Waals surface area (Å²) < 4.78 is 0. The van der Waals surface area contributed by atoms with Crippen LogP contribution in [0.15, 0.2) is 48.5 Å². The third-order valence-electron chi connectivity index (χ3n) is 4.50. The van der Waals surface area contributed by atoms with Gasteiger partial charge in [-0.05, 0) is 29.7 Å². The van der Waals surface area contributed by atoms with Gasteiger partial charge in [-0.2, -0.15) is 0 Å². The van der Waals surface area contributed by atoms with E-state index in [0.717, 1.165) is 11.1 Å². The normalized spacial score (nSPS) is 17.8. The summed E-state index contributed by atoms with van der Waals surface area (Å²) in [5, 5.41) is 13.0. The van der Waals surface area contributed by atoms with Crippen LogP contribution in [0.4, 0.5) is 4.79 Å². The van der Waals surface area contributed by atoms with Crippen LogP contribution >= 0.6 is 23.2 Å². The molecule has 1 saturated heterocycles. The summed E-state index contributed by atoms with van der Waals surface area (Å²) in [6.07, 6.45) is 0.464. The van der Waals surface area contributed by atoms with E-state index in [4.69, 9.17) is 28.3 Å². The van der Waals surface area contributed by atoms with Gasteiger partial charge in [0, 0.05) is 13.1 Å². The van der Waals surface area contributed by atoms with E-state index in [0.29, 0.717) is 23.0 Å². The maximum Gasteiger partial charge on any atom is 0.318 e. The Kier molecular flexibility index (Phi) is 5.69. The van der Waals surface area contributed by atoms with E-state index in [1.54, 1.807) is 12.1 Å². The Labute approximate surface area is 161 Å². The Morgan fingerprint density at radius 1 is 1.08 bits per heavy atom. The van der Waals surface area contributed by atoms with Crippen molar-refractivity contribution in [1.82, 2.24) is 10.2 Å². The minimum Gasteiger partial charge on any atom is -0.481 e. The van der Waals surface area contributed by atoms with Gasteiger partial charge >= 0.3 is 12.0 Å². The fourth-order valence-electron chi connectivity index (χ4n) is 3.06. The van der Waals surface area contributed by atoms with Crippen molar-refractivity contribution in [2.75, 3.05) is 13.1 Å². The van der Waals surface area contributed by atoms with Gasteiger partial charge in [0.2, 0.25) is 0 Å². The average Bonchev–Trinajstić information content (AvgIpc) is 3.13. The molecule has 2 aromatic carbocycles. The number of rotatable bonds is 4. The van der Waals surface area contributed by atoms with Crippen LogP contribution in [-0.4, -0.2) is 35.1 Å². The molecule has 2 aromatic rings. The first-order chi connectivity index (χ1) is 12.5. The molecule has 0 radical (unpaired) electrons. The van der Waals surface area contributed by atoms with Gasteiger partial charge in [0.05, 0.1) is 22.0 Å². The molecule has 136 valence electrons. The monoisotopic (exact) mass is 392 g/mol. The molecule has 0 aliphatic carbocycles. The number of amides is 2. The van der Waals surface area contributed by atoms with E-state index < -0.39 is 17.9 Å². The van der Waals surface area contributed by atoms with E-state index in [-0.39, 0.29) is 12.6 Å². The predicted molar refractivity (Wildman–Crippen MR) is 101 cm³/mol. The first-order valence-electron chi connectivity index (χ1n) is 8.24. The molecule has 2 N–H and O–H groups in total. The Morgan fingerprint density at radius 3 is 2.42 bits per heavy atom. The van der Waals surface area contributed by atoms with Crippen LogP contribution in [0.3, 0.4) is 0 Å². The summed E-state index contributed by atoms with van der Waals surface area (Å²) in [6, 6.07) is 14.0. The van der Waals surface area contributed by atoms with E-state index in [9.17, 15) is 9.59 Å². The number of halogens is 2. The van der Waals surface area contributed by atoms with Crippen LogP contribution in [0.1, 0.15) is 23.6 Å². The van der Waals surface area contributed by atoms with E-state index in [1.807, 2.05) is 36.4 Å². The van der Waals surface area contributed by atoms with Crippen LogP contribution < -0.4 is 5.32 Å². The SMILES string of the molecule is O=C(O)C1CCN(C(=O)NC(c2ccccc2)c2ccc(Cl)c(Cl)c2)C1. The summed E-state index contributed by atoms with van der Waals surface area (Å²) in [4.78, 5) is 25.3.